The summed E-state index contributed by atoms with van der Waals surface area (Å²) in [7, 11) is 0. The Bertz CT molecular complexity index is 639. The van der Waals surface area contributed by atoms with Crippen molar-refractivity contribution in [2.75, 3.05) is 0 Å². The van der Waals surface area contributed by atoms with Crippen molar-refractivity contribution in [1.29, 1.82) is 0 Å². The van der Waals surface area contributed by atoms with Crippen molar-refractivity contribution >= 4 is 11.8 Å². The Morgan fingerprint density at radius 3 is 2.43 bits per heavy atom. The molecular formula is C22H36O6. The summed E-state index contributed by atoms with van der Waals surface area (Å²) in [6.07, 6.45) is 1.22. The molecule has 160 valence electrons. The fourth-order valence-electron chi connectivity index (χ4n) is 6.15. The molecule has 3 fully saturated rings. The van der Waals surface area contributed by atoms with E-state index in [0.29, 0.717) is 18.3 Å². The number of esters is 1. The molecular weight excluding hydrogens is 360 g/mol. The summed E-state index contributed by atoms with van der Waals surface area (Å²) >= 11 is 0. The van der Waals surface area contributed by atoms with Gasteiger partial charge in [-0.15, -0.1) is 0 Å². The third-order valence-corrected chi connectivity index (χ3v) is 7.56. The van der Waals surface area contributed by atoms with Gasteiger partial charge in [-0.25, -0.2) is 0 Å². The molecule has 2 heterocycles. The van der Waals surface area contributed by atoms with Crippen LogP contribution in [-0.4, -0.2) is 51.0 Å². The van der Waals surface area contributed by atoms with E-state index in [1.807, 2.05) is 6.92 Å². The van der Waals surface area contributed by atoms with Gasteiger partial charge in [0, 0.05) is 31.6 Å². The van der Waals surface area contributed by atoms with Crippen molar-refractivity contribution in [2.24, 2.45) is 23.7 Å². The zero-order chi connectivity index (χ0) is 21.1. The average molecular weight is 397 g/mol. The van der Waals surface area contributed by atoms with Gasteiger partial charge in [0.15, 0.2) is 5.78 Å². The number of carbonyl (C=O) groups is 2. The maximum atomic E-state index is 12.6. The lowest BCUT2D eigenvalue weighted by atomic mass is 9.57. The van der Waals surface area contributed by atoms with Crippen molar-refractivity contribution in [3.8, 4) is 0 Å². The van der Waals surface area contributed by atoms with Crippen molar-refractivity contribution in [3.05, 3.63) is 0 Å². The lowest BCUT2D eigenvalue weighted by Gasteiger charge is -2.50. The van der Waals surface area contributed by atoms with E-state index in [-0.39, 0.29) is 42.9 Å². The Hall–Kier alpha value is -0.980. The predicted octanol–water partition coefficient (Wildman–Crippen LogP) is 2.63. The molecule has 2 N–H and O–H groups in total. The molecule has 1 aliphatic carbocycles. The highest BCUT2D eigenvalue weighted by atomic mass is 16.6. The molecule has 6 nitrogen and oxygen atoms in total. The van der Waals surface area contributed by atoms with Crippen LogP contribution < -0.4 is 0 Å². The molecule has 0 amide bonds. The van der Waals surface area contributed by atoms with E-state index in [9.17, 15) is 19.8 Å². The first-order valence-electron chi connectivity index (χ1n) is 10.6. The van der Waals surface area contributed by atoms with E-state index in [1.54, 1.807) is 6.92 Å². The summed E-state index contributed by atoms with van der Waals surface area (Å²) in [5.74, 6) is -0.0807. The van der Waals surface area contributed by atoms with Crippen molar-refractivity contribution in [1.82, 2.24) is 0 Å². The number of Topliss-reactive ketones (excluding diaryl/α,β-unsaturated/α-hetero) is 1. The van der Waals surface area contributed by atoms with Crippen molar-refractivity contribution in [2.45, 2.75) is 103 Å². The molecule has 6 heteroatoms. The van der Waals surface area contributed by atoms with Gasteiger partial charge in [0.05, 0.1) is 17.8 Å². The average Bonchev–Trinajstić information content (AvgIpc) is 2.92. The summed E-state index contributed by atoms with van der Waals surface area (Å²) in [6.45, 7) is 11.0. The first-order chi connectivity index (χ1) is 12.8. The Labute approximate surface area is 168 Å². The third kappa shape index (κ3) is 3.63. The molecule has 0 unspecified atom stereocenters. The van der Waals surface area contributed by atoms with Crippen LogP contribution in [-0.2, 0) is 19.1 Å². The molecule has 8 atom stereocenters. The summed E-state index contributed by atoms with van der Waals surface area (Å²) in [6, 6.07) is 0. The van der Waals surface area contributed by atoms with Crippen LogP contribution in [0.5, 0.6) is 0 Å². The topological polar surface area (TPSA) is 93.1 Å². The fourth-order valence-corrected chi connectivity index (χ4v) is 6.15. The van der Waals surface area contributed by atoms with Gasteiger partial charge in [-0.3, -0.25) is 9.59 Å². The normalized spacial score (nSPS) is 49.2. The SMILES string of the molecule is CC(=O)O[C@@]1(C)CC[C@H](C(C)C)[C@@H]2[C@H]1[C@H]1C[C@](C)(O)C(=O)CC[C@@](C)(O)[C@@H]2O1. The summed E-state index contributed by atoms with van der Waals surface area (Å²) in [5.41, 5.74) is -3.45. The second kappa shape index (κ2) is 7.06. The monoisotopic (exact) mass is 396 g/mol. The molecule has 28 heavy (non-hydrogen) atoms. The van der Waals surface area contributed by atoms with Gasteiger partial charge in [-0.05, 0) is 51.9 Å². The summed E-state index contributed by atoms with van der Waals surface area (Å²) in [5, 5.41) is 22.2. The number of hydrogen-bond acceptors (Lipinski definition) is 6. The number of aliphatic hydroxyl groups is 2. The Morgan fingerprint density at radius 1 is 1.21 bits per heavy atom. The van der Waals surface area contributed by atoms with Crippen molar-refractivity contribution < 1.29 is 29.3 Å². The van der Waals surface area contributed by atoms with Gasteiger partial charge in [0.2, 0.25) is 0 Å². The van der Waals surface area contributed by atoms with Crippen LogP contribution in [0, 0.1) is 23.7 Å². The van der Waals surface area contributed by atoms with Gasteiger partial charge in [-0.2, -0.15) is 0 Å². The molecule has 2 bridgehead atoms. The Morgan fingerprint density at radius 2 is 1.86 bits per heavy atom. The van der Waals surface area contributed by atoms with Gasteiger partial charge in [-0.1, -0.05) is 13.8 Å². The molecule has 1 saturated carbocycles. The lowest BCUT2D eigenvalue weighted by molar-refractivity contribution is -0.176. The van der Waals surface area contributed by atoms with Crippen LogP contribution in [0.15, 0.2) is 0 Å². The van der Waals surface area contributed by atoms with Crippen LogP contribution in [0.3, 0.4) is 0 Å². The summed E-state index contributed by atoms with van der Waals surface area (Å²) in [4.78, 5) is 24.5. The van der Waals surface area contributed by atoms with Crippen LogP contribution in [0.25, 0.3) is 0 Å². The second-order valence-corrected chi connectivity index (χ2v) is 10.3. The van der Waals surface area contributed by atoms with E-state index in [4.69, 9.17) is 9.47 Å². The van der Waals surface area contributed by atoms with Crippen LogP contribution in [0.4, 0.5) is 0 Å². The predicted molar refractivity (Wildman–Crippen MR) is 103 cm³/mol. The number of rotatable bonds is 2. The standard InChI is InChI=1S/C22H36O6/c1-12(2)14-7-10-22(6,28-13(3)23)18-15-11-21(5,26)16(24)8-9-20(4,25)19(27-15)17(14)18/h12,14-15,17-19,25-26H,7-11H2,1-6H3/t14-,15-,17-,18-,19-,20-,21+,22+/m1/s1. The Balaban J connectivity index is 2.11. The number of ketones is 1. The van der Waals surface area contributed by atoms with Crippen molar-refractivity contribution in [3.63, 3.8) is 0 Å². The van der Waals surface area contributed by atoms with Gasteiger partial charge in [0.1, 0.15) is 11.2 Å². The van der Waals surface area contributed by atoms with Crippen LogP contribution >= 0.6 is 0 Å². The van der Waals surface area contributed by atoms with Gasteiger partial charge >= 0.3 is 5.97 Å². The molecule has 0 aromatic carbocycles. The fraction of sp³-hybridized carbons (Fsp3) is 0.909. The highest BCUT2D eigenvalue weighted by molar-refractivity contribution is 5.86. The molecule has 0 spiro atoms. The maximum Gasteiger partial charge on any atom is 0.303 e. The van der Waals surface area contributed by atoms with E-state index in [0.717, 1.165) is 6.42 Å². The molecule has 0 aromatic rings. The first-order valence-corrected chi connectivity index (χ1v) is 10.6. The number of ether oxygens (including phenoxy) is 2. The molecule has 2 saturated heterocycles. The Kier molecular flexibility index (Phi) is 5.48. The number of fused-ring (bicyclic) bond motifs is 5. The molecule has 0 aromatic heterocycles. The second-order valence-electron chi connectivity index (χ2n) is 10.3. The smallest absolute Gasteiger partial charge is 0.303 e. The first kappa shape index (κ1) is 21.7. The van der Waals surface area contributed by atoms with E-state index in [2.05, 4.69) is 13.8 Å². The largest absolute Gasteiger partial charge is 0.459 e. The molecule has 3 aliphatic rings. The van der Waals surface area contributed by atoms with E-state index >= 15 is 0 Å². The zero-order valence-electron chi connectivity index (χ0n) is 18.0. The molecule has 2 aliphatic heterocycles. The van der Waals surface area contributed by atoms with E-state index in [1.165, 1.54) is 13.8 Å². The quantitative estimate of drug-likeness (QED) is 0.697. The third-order valence-electron chi connectivity index (χ3n) is 7.56. The van der Waals surface area contributed by atoms with Crippen LogP contribution in [0.2, 0.25) is 0 Å². The van der Waals surface area contributed by atoms with Crippen LogP contribution in [0.1, 0.15) is 73.6 Å². The lowest BCUT2D eigenvalue weighted by Crippen LogP contribution is -2.56. The highest BCUT2D eigenvalue weighted by Crippen LogP contribution is 2.57. The van der Waals surface area contributed by atoms with Gasteiger partial charge < -0.3 is 19.7 Å². The molecule has 3 rings (SSSR count). The summed E-state index contributed by atoms with van der Waals surface area (Å²) < 4.78 is 12.3. The molecule has 0 radical (unpaired) electrons. The van der Waals surface area contributed by atoms with Gasteiger partial charge in [0.25, 0.3) is 0 Å². The van der Waals surface area contributed by atoms with E-state index < -0.39 is 29.0 Å². The number of carbonyl (C=O) groups excluding carboxylic acids is 2. The minimum absolute atomic E-state index is 0.00195. The minimum Gasteiger partial charge on any atom is -0.459 e. The highest BCUT2D eigenvalue weighted by Gasteiger charge is 2.64. The number of hydrogen-bond donors (Lipinski definition) is 2. The minimum atomic E-state index is -1.52. The maximum absolute atomic E-state index is 12.6. The zero-order valence-corrected chi connectivity index (χ0v) is 18.0.